The number of unbranched alkanes of at least 4 members (excludes halogenated alkanes) is 1. The van der Waals surface area contributed by atoms with Gasteiger partial charge in [-0.15, -0.1) is 0 Å². The van der Waals surface area contributed by atoms with Crippen molar-refractivity contribution in [3.63, 3.8) is 0 Å². The van der Waals surface area contributed by atoms with E-state index in [2.05, 4.69) is 55.4 Å². The van der Waals surface area contributed by atoms with Crippen LogP contribution in [0.3, 0.4) is 0 Å². The highest BCUT2D eigenvalue weighted by atomic mass is 16.5. The lowest BCUT2D eigenvalue weighted by atomic mass is 9.81. The lowest BCUT2D eigenvalue weighted by molar-refractivity contribution is -0.146. The predicted octanol–water partition coefficient (Wildman–Crippen LogP) is 6.56. The molecule has 0 radical (unpaired) electrons. The molecule has 0 aliphatic heterocycles. The maximum Gasteiger partial charge on any atom is 0.305 e. The van der Waals surface area contributed by atoms with Crippen LogP contribution in [0.2, 0.25) is 0 Å². The number of hydrogen-bond acceptors (Lipinski definition) is 4. The van der Waals surface area contributed by atoms with Crippen molar-refractivity contribution in [3.8, 4) is 0 Å². The minimum atomic E-state index is -0.163. The van der Waals surface area contributed by atoms with Gasteiger partial charge in [0.2, 0.25) is 0 Å². The molecule has 0 aromatic rings. The van der Waals surface area contributed by atoms with Gasteiger partial charge in [0.05, 0.1) is 13.2 Å². The molecule has 0 fully saturated rings. The molecule has 0 aromatic heterocycles. The number of carbonyl (C=O) groups is 2. The van der Waals surface area contributed by atoms with Gasteiger partial charge in [-0.3, -0.25) is 9.59 Å². The van der Waals surface area contributed by atoms with Gasteiger partial charge in [-0.25, -0.2) is 0 Å². The van der Waals surface area contributed by atoms with Crippen molar-refractivity contribution in [2.24, 2.45) is 22.7 Å². The number of carbonyl (C=O) groups excluding carboxylic acids is 2. The molecule has 0 aliphatic rings. The summed E-state index contributed by atoms with van der Waals surface area (Å²) in [5.41, 5.74) is 0.393. The van der Waals surface area contributed by atoms with Crippen molar-refractivity contribution in [2.45, 2.75) is 107 Å². The number of ether oxygens (including phenoxy) is 2. The van der Waals surface area contributed by atoms with Gasteiger partial charge in [-0.1, -0.05) is 55.4 Å². The zero-order valence-electron chi connectivity index (χ0n) is 19.9. The van der Waals surface area contributed by atoms with Crippen molar-refractivity contribution in [2.75, 3.05) is 13.2 Å². The molecule has 0 aliphatic carbocycles. The first-order valence-electron chi connectivity index (χ1n) is 11.1. The lowest BCUT2D eigenvalue weighted by Crippen LogP contribution is -2.19. The number of rotatable bonds is 15. The third-order valence-corrected chi connectivity index (χ3v) is 5.02. The van der Waals surface area contributed by atoms with E-state index in [0.29, 0.717) is 50.7 Å². The molecule has 0 spiro atoms. The van der Waals surface area contributed by atoms with Gasteiger partial charge in [-0.2, -0.15) is 0 Å². The van der Waals surface area contributed by atoms with E-state index in [0.717, 1.165) is 25.7 Å². The standard InChI is InChI=1S/C24H46O4/c1-19(2)17-23(5,6)13-15-27-21(25)11-9-10-12-22(26)28-16-14-24(7,8)18-20(3)4/h19-20H,9-18H2,1-8H3. The summed E-state index contributed by atoms with van der Waals surface area (Å²) in [7, 11) is 0. The monoisotopic (exact) mass is 398 g/mol. The first-order chi connectivity index (χ1) is 12.8. The summed E-state index contributed by atoms with van der Waals surface area (Å²) in [6.45, 7) is 18.7. The fourth-order valence-corrected chi connectivity index (χ4v) is 3.98. The molecule has 0 heterocycles. The van der Waals surface area contributed by atoms with Crippen LogP contribution in [0.4, 0.5) is 0 Å². The summed E-state index contributed by atoms with van der Waals surface area (Å²) in [4.78, 5) is 23.7. The van der Waals surface area contributed by atoms with Crippen LogP contribution in [0, 0.1) is 22.7 Å². The average molecular weight is 399 g/mol. The van der Waals surface area contributed by atoms with Gasteiger partial charge in [0.25, 0.3) is 0 Å². The summed E-state index contributed by atoms with van der Waals surface area (Å²) in [5, 5.41) is 0. The van der Waals surface area contributed by atoms with Crippen molar-refractivity contribution in [3.05, 3.63) is 0 Å². The van der Waals surface area contributed by atoms with Crippen LogP contribution in [-0.2, 0) is 19.1 Å². The van der Waals surface area contributed by atoms with Gasteiger partial charge in [0, 0.05) is 12.8 Å². The molecular weight excluding hydrogens is 352 g/mol. The van der Waals surface area contributed by atoms with Gasteiger partial charge in [0.1, 0.15) is 0 Å². The Morgan fingerprint density at radius 1 is 0.679 bits per heavy atom. The fraction of sp³-hybridized carbons (Fsp3) is 0.917. The van der Waals surface area contributed by atoms with E-state index in [1.54, 1.807) is 0 Å². The zero-order chi connectivity index (χ0) is 21.8. The van der Waals surface area contributed by atoms with Gasteiger partial charge < -0.3 is 9.47 Å². The largest absolute Gasteiger partial charge is 0.466 e. The Labute approximate surface area is 174 Å². The highest BCUT2D eigenvalue weighted by Gasteiger charge is 2.21. The first-order valence-corrected chi connectivity index (χ1v) is 11.1. The summed E-state index contributed by atoms with van der Waals surface area (Å²) in [5.74, 6) is 0.965. The van der Waals surface area contributed by atoms with Crippen LogP contribution >= 0.6 is 0 Å². The Balaban J connectivity index is 3.78. The predicted molar refractivity (Wildman–Crippen MR) is 116 cm³/mol. The average Bonchev–Trinajstić information content (AvgIpc) is 2.48. The second-order valence-electron chi connectivity index (χ2n) is 10.7. The van der Waals surface area contributed by atoms with E-state index in [4.69, 9.17) is 9.47 Å². The van der Waals surface area contributed by atoms with Gasteiger partial charge in [-0.05, 0) is 61.2 Å². The molecule has 0 unspecified atom stereocenters. The van der Waals surface area contributed by atoms with Crippen LogP contribution in [-0.4, -0.2) is 25.2 Å². The molecule has 0 N–H and O–H groups in total. The Hall–Kier alpha value is -1.06. The second kappa shape index (κ2) is 13.2. The molecule has 0 atom stereocenters. The molecule has 4 heteroatoms. The summed E-state index contributed by atoms with van der Waals surface area (Å²) >= 11 is 0. The molecule has 28 heavy (non-hydrogen) atoms. The molecule has 0 saturated carbocycles. The topological polar surface area (TPSA) is 52.6 Å². The highest BCUT2D eigenvalue weighted by Crippen LogP contribution is 2.29. The molecule has 4 nitrogen and oxygen atoms in total. The zero-order valence-corrected chi connectivity index (χ0v) is 19.9. The van der Waals surface area contributed by atoms with E-state index >= 15 is 0 Å². The quantitative estimate of drug-likeness (QED) is 0.231. The molecule has 0 bridgehead atoms. The van der Waals surface area contributed by atoms with E-state index < -0.39 is 0 Å². The SMILES string of the molecule is CC(C)CC(C)(C)CCOC(=O)CCCCC(=O)OCCC(C)(C)CC(C)C. The minimum Gasteiger partial charge on any atom is -0.466 e. The van der Waals surface area contributed by atoms with Crippen LogP contribution < -0.4 is 0 Å². The van der Waals surface area contributed by atoms with Crippen LogP contribution in [0.25, 0.3) is 0 Å². The Morgan fingerprint density at radius 3 is 1.29 bits per heavy atom. The Kier molecular flexibility index (Phi) is 12.7. The van der Waals surface area contributed by atoms with Crippen LogP contribution in [0.15, 0.2) is 0 Å². The Bertz CT molecular complexity index is 408. The van der Waals surface area contributed by atoms with E-state index in [1.807, 2.05) is 0 Å². The molecule has 0 amide bonds. The highest BCUT2D eigenvalue weighted by molar-refractivity contribution is 5.70. The molecular formula is C24H46O4. The Morgan fingerprint density at radius 2 is 1.00 bits per heavy atom. The molecule has 166 valence electrons. The summed E-state index contributed by atoms with van der Waals surface area (Å²) < 4.78 is 10.7. The molecule has 0 rings (SSSR count). The van der Waals surface area contributed by atoms with E-state index in [-0.39, 0.29) is 22.8 Å². The maximum atomic E-state index is 11.8. The lowest BCUT2D eigenvalue weighted by Gasteiger charge is -2.26. The normalized spacial score (nSPS) is 12.5. The van der Waals surface area contributed by atoms with Crippen molar-refractivity contribution < 1.29 is 19.1 Å². The van der Waals surface area contributed by atoms with E-state index in [9.17, 15) is 9.59 Å². The van der Waals surface area contributed by atoms with Crippen molar-refractivity contribution >= 4 is 11.9 Å². The molecule has 0 aromatic carbocycles. The van der Waals surface area contributed by atoms with Crippen LogP contribution in [0.5, 0.6) is 0 Å². The minimum absolute atomic E-state index is 0.163. The smallest absolute Gasteiger partial charge is 0.305 e. The maximum absolute atomic E-state index is 11.8. The van der Waals surface area contributed by atoms with E-state index in [1.165, 1.54) is 0 Å². The number of hydrogen-bond donors (Lipinski definition) is 0. The van der Waals surface area contributed by atoms with Crippen molar-refractivity contribution in [1.82, 2.24) is 0 Å². The van der Waals surface area contributed by atoms with Crippen molar-refractivity contribution in [1.29, 1.82) is 0 Å². The number of esters is 2. The fourth-order valence-electron chi connectivity index (χ4n) is 3.98. The van der Waals surface area contributed by atoms with Crippen LogP contribution in [0.1, 0.15) is 107 Å². The van der Waals surface area contributed by atoms with Gasteiger partial charge in [0.15, 0.2) is 0 Å². The molecule has 0 saturated heterocycles. The van der Waals surface area contributed by atoms with Gasteiger partial charge >= 0.3 is 11.9 Å². The summed E-state index contributed by atoms with van der Waals surface area (Å²) in [6, 6.07) is 0. The first kappa shape index (κ1) is 26.9. The third kappa shape index (κ3) is 15.9. The summed E-state index contributed by atoms with van der Waals surface area (Å²) in [6.07, 6.45) is 6.11. The third-order valence-electron chi connectivity index (χ3n) is 5.02. The second-order valence-corrected chi connectivity index (χ2v) is 10.7.